The maximum atomic E-state index is 12.3. The average Bonchev–Trinajstić information content (AvgIpc) is 3.10. The smallest absolute Gasteiger partial charge is 0.410 e. The van der Waals surface area contributed by atoms with Crippen LogP contribution in [0.1, 0.15) is 33.6 Å². The molecule has 2 rings (SSSR count). The standard InChI is InChI=1S/C14H21NO5/c1-13(2,3)20-12(18)15-7-9(11(17)19-4)10(16)14(8-15)5-6-14/h9H,5-8H2,1-4H3/t9-/m0/s1. The molecule has 1 heterocycles. The number of nitrogens with zero attached hydrogens (tertiary/aromatic N) is 1. The fourth-order valence-electron chi connectivity index (χ4n) is 2.53. The number of methoxy groups -OCH3 is 1. The zero-order chi connectivity index (χ0) is 15.1. The Morgan fingerprint density at radius 3 is 2.35 bits per heavy atom. The minimum absolute atomic E-state index is 0.0438. The number of hydrogen-bond acceptors (Lipinski definition) is 5. The molecule has 2 aliphatic rings. The van der Waals surface area contributed by atoms with Crippen LogP contribution < -0.4 is 0 Å². The summed E-state index contributed by atoms with van der Waals surface area (Å²) in [6, 6.07) is 0. The summed E-state index contributed by atoms with van der Waals surface area (Å²) in [5, 5.41) is 0. The highest BCUT2D eigenvalue weighted by atomic mass is 16.6. The predicted octanol–water partition coefficient (Wildman–Crippen LogP) is 1.38. The number of ether oxygens (including phenoxy) is 2. The van der Waals surface area contributed by atoms with E-state index >= 15 is 0 Å². The summed E-state index contributed by atoms with van der Waals surface area (Å²) in [6.45, 7) is 5.73. The summed E-state index contributed by atoms with van der Waals surface area (Å²) >= 11 is 0. The fraction of sp³-hybridized carbons (Fsp3) is 0.786. The first kappa shape index (κ1) is 14.8. The van der Waals surface area contributed by atoms with Crippen LogP contribution in [0.4, 0.5) is 4.79 Å². The molecule has 0 radical (unpaired) electrons. The second-order valence-electron chi connectivity index (χ2n) is 6.58. The van der Waals surface area contributed by atoms with Crippen molar-refractivity contribution in [2.75, 3.05) is 20.2 Å². The highest BCUT2D eigenvalue weighted by Gasteiger charge is 2.58. The molecule has 1 atom stereocenters. The number of amides is 1. The lowest BCUT2D eigenvalue weighted by Crippen LogP contribution is -2.53. The van der Waals surface area contributed by atoms with Gasteiger partial charge in [-0.15, -0.1) is 0 Å². The topological polar surface area (TPSA) is 72.9 Å². The molecule has 2 fully saturated rings. The second-order valence-corrected chi connectivity index (χ2v) is 6.58. The van der Waals surface area contributed by atoms with Crippen molar-refractivity contribution >= 4 is 17.8 Å². The van der Waals surface area contributed by atoms with Crippen molar-refractivity contribution in [2.45, 2.75) is 39.2 Å². The first-order valence-corrected chi connectivity index (χ1v) is 6.79. The van der Waals surface area contributed by atoms with Gasteiger partial charge < -0.3 is 14.4 Å². The molecule has 0 N–H and O–H groups in total. The van der Waals surface area contributed by atoms with Gasteiger partial charge in [0.05, 0.1) is 7.11 Å². The minimum atomic E-state index is -0.885. The number of piperidine rings is 1. The molecule has 0 aromatic carbocycles. The van der Waals surface area contributed by atoms with E-state index in [1.54, 1.807) is 20.8 Å². The molecule has 1 saturated carbocycles. The third-order valence-electron chi connectivity index (χ3n) is 3.73. The molecule has 1 spiro atoms. The summed E-state index contributed by atoms with van der Waals surface area (Å²) < 4.78 is 9.99. The maximum absolute atomic E-state index is 12.3. The van der Waals surface area contributed by atoms with Crippen LogP contribution in [0.3, 0.4) is 0 Å². The van der Waals surface area contributed by atoms with E-state index in [0.29, 0.717) is 6.54 Å². The van der Waals surface area contributed by atoms with Gasteiger partial charge in [-0.1, -0.05) is 0 Å². The van der Waals surface area contributed by atoms with Gasteiger partial charge in [0.15, 0.2) is 5.78 Å². The van der Waals surface area contributed by atoms with Crippen LogP contribution in [0.25, 0.3) is 0 Å². The average molecular weight is 283 g/mol. The molecule has 0 aromatic heterocycles. The van der Waals surface area contributed by atoms with Crippen molar-refractivity contribution in [3.63, 3.8) is 0 Å². The number of likely N-dealkylation sites (tertiary alicyclic amines) is 1. The molecule has 1 amide bonds. The highest BCUT2D eigenvalue weighted by molar-refractivity contribution is 6.04. The van der Waals surface area contributed by atoms with E-state index in [4.69, 9.17) is 4.74 Å². The quantitative estimate of drug-likeness (QED) is 0.537. The van der Waals surface area contributed by atoms with E-state index in [1.807, 2.05) is 0 Å². The van der Waals surface area contributed by atoms with Gasteiger partial charge in [0.2, 0.25) is 0 Å². The number of Topliss-reactive ketones (excluding diaryl/α,β-unsaturated/α-hetero) is 1. The van der Waals surface area contributed by atoms with Crippen molar-refractivity contribution in [1.29, 1.82) is 0 Å². The molecule has 0 bridgehead atoms. The van der Waals surface area contributed by atoms with Crippen LogP contribution in [-0.4, -0.2) is 48.5 Å². The molecule has 20 heavy (non-hydrogen) atoms. The largest absolute Gasteiger partial charge is 0.468 e. The summed E-state index contributed by atoms with van der Waals surface area (Å²) in [5.74, 6) is -1.55. The van der Waals surface area contributed by atoms with Crippen LogP contribution in [0.15, 0.2) is 0 Å². The lowest BCUT2D eigenvalue weighted by atomic mass is 9.85. The van der Waals surface area contributed by atoms with Gasteiger partial charge >= 0.3 is 12.1 Å². The zero-order valence-corrected chi connectivity index (χ0v) is 12.4. The van der Waals surface area contributed by atoms with Gasteiger partial charge in [0, 0.05) is 18.5 Å². The molecule has 0 unspecified atom stereocenters. The molecular formula is C14H21NO5. The predicted molar refractivity (Wildman–Crippen MR) is 70.0 cm³/mol. The Balaban J connectivity index is 2.14. The van der Waals surface area contributed by atoms with E-state index in [2.05, 4.69) is 4.74 Å². The number of hydrogen-bond donors (Lipinski definition) is 0. The van der Waals surface area contributed by atoms with Crippen molar-refractivity contribution in [3.05, 3.63) is 0 Å². The van der Waals surface area contributed by atoms with E-state index < -0.39 is 29.0 Å². The molecule has 0 aromatic rings. The summed E-state index contributed by atoms with van der Waals surface area (Å²) in [4.78, 5) is 37.6. The monoisotopic (exact) mass is 283 g/mol. The van der Waals surface area contributed by atoms with Crippen LogP contribution in [0, 0.1) is 11.3 Å². The highest BCUT2D eigenvalue weighted by Crippen LogP contribution is 2.51. The number of esters is 1. The van der Waals surface area contributed by atoms with E-state index in [0.717, 1.165) is 12.8 Å². The van der Waals surface area contributed by atoms with Crippen molar-refractivity contribution in [1.82, 2.24) is 4.90 Å². The summed E-state index contributed by atoms with van der Waals surface area (Å²) in [6.07, 6.45) is 0.960. The van der Waals surface area contributed by atoms with Crippen LogP contribution in [-0.2, 0) is 19.1 Å². The van der Waals surface area contributed by atoms with Gasteiger partial charge in [0.1, 0.15) is 11.5 Å². The minimum Gasteiger partial charge on any atom is -0.468 e. The van der Waals surface area contributed by atoms with Crippen molar-refractivity contribution < 1.29 is 23.9 Å². The molecule has 1 saturated heterocycles. The molecule has 1 aliphatic heterocycles. The molecular weight excluding hydrogens is 262 g/mol. The van der Waals surface area contributed by atoms with Crippen LogP contribution >= 0.6 is 0 Å². The summed E-state index contributed by atoms with van der Waals surface area (Å²) in [7, 11) is 1.25. The van der Waals surface area contributed by atoms with Crippen LogP contribution in [0.5, 0.6) is 0 Å². The lowest BCUT2D eigenvalue weighted by Gasteiger charge is -2.36. The Morgan fingerprint density at radius 2 is 1.90 bits per heavy atom. The third kappa shape index (κ3) is 2.78. The molecule has 6 heteroatoms. The Labute approximate surface area is 118 Å². The second kappa shape index (κ2) is 4.75. The van der Waals surface area contributed by atoms with Crippen molar-refractivity contribution in [3.8, 4) is 0 Å². The number of rotatable bonds is 1. The number of carbonyl (C=O) groups is 3. The molecule has 112 valence electrons. The number of carbonyl (C=O) groups excluding carboxylic acids is 3. The first-order chi connectivity index (χ1) is 9.18. The van der Waals surface area contributed by atoms with E-state index in [-0.39, 0.29) is 12.3 Å². The molecule has 6 nitrogen and oxygen atoms in total. The zero-order valence-electron chi connectivity index (χ0n) is 12.4. The fourth-order valence-corrected chi connectivity index (χ4v) is 2.53. The van der Waals surface area contributed by atoms with E-state index in [9.17, 15) is 14.4 Å². The molecule has 1 aliphatic carbocycles. The normalized spacial score (nSPS) is 24.5. The Hall–Kier alpha value is -1.59. The van der Waals surface area contributed by atoms with Gasteiger partial charge in [-0.25, -0.2) is 4.79 Å². The van der Waals surface area contributed by atoms with Crippen LogP contribution in [0.2, 0.25) is 0 Å². The maximum Gasteiger partial charge on any atom is 0.410 e. The van der Waals surface area contributed by atoms with Gasteiger partial charge in [0.25, 0.3) is 0 Å². The van der Waals surface area contributed by atoms with Gasteiger partial charge in [-0.2, -0.15) is 0 Å². The van der Waals surface area contributed by atoms with Crippen molar-refractivity contribution in [2.24, 2.45) is 11.3 Å². The number of ketones is 1. The Bertz CT molecular complexity index is 447. The SMILES string of the molecule is COC(=O)[C@H]1CN(C(=O)OC(C)(C)C)CC2(CC2)C1=O. The Kier molecular flexibility index (Phi) is 3.52. The van der Waals surface area contributed by atoms with Gasteiger partial charge in [-0.3, -0.25) is 9.59 Å². The summed E-state index contributed by atoms with van der Waals surface area (Å²) in [5.41, 5.74) is -1.15. The Morgan fingerprint density at radius 1 is 1.30 bits per heavy atom. The lowest BCUT2D eigenvalue weighted by molar-refractivity contribution is -0.154. The van der Waals surface area contributed by atoms with E-state index in [1.165, 1.54) is 12.0 Å². The third-order valence-corrected chi connectivity index (χ3v) is 3.73. The first-order valence-electron chi connectivity index (χ1n) is 6.79. The van der Waals surface area contributed by atoms with Gasteiger partial charge in [-0.05, 0) is 33.6 Å².